The first-order valence-corrected chi connectivity index (χ1v) is 6.50. The summed E-state index contributed by atoms with van der Waals surface area (Å²) in [6.45, 7) is 4.63. The van der Waals surface area contributed by atoms with Crippen LogP contribution in [-0.4, -0.2) is 41.5 Å². The van der Waals surface area contributed by atoms with Crippen molar-refractivity contribution in [2.24, 2.45) is 5.92 Å². The zero-order chi connectivity index (χ0) is 15.5. The summed E-state index contributed by atoms with van der Waals surface area (Å²) in [6.07, 6.45) is -4.54. The number of rotatable bonds is 5. The minimum Gasteiger partial charge on any atom is -0.366 e. The van der Waals surface area contributed by atoms with Gasteiger partial charge in [0, 0.05) is 18.7 Å². The average molecular weight is 311 g/mol. The third kappa shape index (κ3) is 5.13. The highest BCUT2D eigenvalue weighted by Gasteiger charge is 2.33. The molecule has 1 N–H and O–H groups in total. The van der Waals surface area contributed by atoms with Crippen molar-refractivity contribution >= 4 is 17.4 Å². The van der Waals surface area contributed by atoms with Crippen LogP contribution in [0.5, 0.6) is 0 Å². The van der Waals surface area contributed by atoms with E-state index >= 15 is 0 Å². The lowest BCUT2D eigenvalue weighted by atomic mass is 10.0. The first kappa shape index (κ1) is 17.0. The van der Waals surface area contributed by atoms with Gasteiger partial charge in [-0.05, 0) is 31.6 Å². The second-order valence-corrected chi connectivity index (χ2v) is 5.50. The second-order valence-electron chi connectivity index (χ2n) is 5.16. The second kappa shape index (κ2) is 6.58. The Morgan fingerprint density at radius 2 is 1.90 bits per heavy atom. The van der Waals surface area contributed by atoms with Crippen LogP contribution in [0, 0.1) is 5.92 Å². The van der Waals surface area contributed by atoms with Gasteiger partial charge in [0.15, 0.2) is 5.69 Å². The van der Waals surface area contributed by atoms with Crippen molar-refractivity contribution in [1.29, 1.82) is 0 Å². The Labute approximate surface area is 121 Å². The van der Waals surface area contributed by atoms with Gasteiger partial charge in [0.05, 0.1) is 0 Å². The summed E-state index contributed by atoms with van der Waals surface area (Å²) in [5.41, 5.74) is -1.05. The molecule has 1 rings (SSSR count). The molecule has 20 heavy (non-hydrogen) atoms. The molecule has 4 nitrogen and oxygen atoms in total. The average Bonchev–Trinajstić information content (AvgIpc) is 2.25. The van der Waals surface area contributed by atoms with Crippen molar-refractivity contribution < 1.29 is 13.2 Å². The molecule has 114 valence electrons. The molecule has 0 aliphatic heterocycles. The van der Waals surface area contributed by atoms with Crippen LogP contribution in [0.2, 0.25) is 5.28 Å². The van der Waals surface area contributed by atoms with Gasteiger partial charge in [0.1, 0.15) is 5.82 Å². The predicted octanol–water partition coefficient (Wildman–Crippen LogP) is 3.15. The van der Waals surface area contributed by atoms with E-state index in [-0.39, 0.29) is 17.8 Å². The smallest absolute Gasteiger partial charge is 0.366 e. The Hall–Kier alpha value is -1.08. The van der Waals surface area contributed by atoms with E-state index in [1.54, 1.807) is 0 Å². The van der Waals surface area contributed by atoms with Gasteiger partial charge in [0.25, 0.3) is 0 Å². The summed E-state index contributed by atoms with van der Waals surface area (Å²) in [5.74, 6) is 0.304. The number of hydrogen-bond donors (Lipinski definition) is 1. The normalized spacial score (nSPS) is 13.9. The van der Waals surface area contributed by atoms with Gasteiger partial charge in [-0.2, -0.15) is 13.2 Å². The SMILES string of the molecule is CC(C)C(CN(C)C)Nc1cc(C(F)(F)F)nc(Cl)n1. The van der Waals surface area contributed by atoms with E-state index in [1.807, 2.05) is 32.8 Å². The summed E-state index contributed by atoms with van der Waals surface area (Å²) in [4.78, 5) is 8.95. The van der Waals surface area contributed by atoms with Crippen LogP contribution in [0.3, 0.4) is 0 Å². The molecule has 0 saturated heterocycles. The highest BCUT2D eigenvalue weighted by molar-refractivity contribution is 6.28. The van der Waals surface area contributed by atoms with Gasteiger partial charge in [-0.3, -0.25) is 0 Å². The fraction of sp³-hybridized carbons (Fsp3) is 0.667. The molecule has 0 aromatic carbocycles. The summed E-state index contributed by atoms with van der Waals surface area (Å²) in [6, 6.07) is 0.828. The molecule has 1 aromatic rings. The highest BCUT2D eigenvalue weighted by Crippen LogP contribution is 2.29. The lowest BCUT2D eigenvalue weighted by Crippen LogP contribution is -2.36. The van der Waals surface area contributed by atoms with Crippen molar-refractivity contribution in [1.82, 2.24) is 14.9 Å². The third-order valence-corrected chi connectivity index (χ3v) is 2.86. The van der Waals surface area contributed by atoms with Crippen LogP contribution in [-0.2, 0) is 6.18 Å². The van der Waals surface area contributed by atoms with Gasteiger partial charge in [-0.1, -0.05) is 13.8 Å². The highest BCUT2D eigenvalue weighted by atomic mass is 35.5. The van der Waals surface area contributed by atoms with Gasteiger partial charge < -0.3 is 10.2 Å². The van der Waals surface area contributed by atoms with Crippen molar-refractivity contribution in [3.05, 3.63) is 17.0 Å². The van der Waals surface area contributed by atoms with Crippen LogP contribution >= 0.6 is 11.6 Å². The quantitative estimate of drug-likeness (QED) is 0.848. The van der Waals surface area contributed by atoms with E-state index in [9.17, 15) is 13.2 Å². The Morgan fingerprint density at radius 3 is 2.35 bits per heavy atom. The third-order valence-electron chi connectivity index (χ3n) is 2.69. The summed E-state index contributed by atoms with van der Waals surface area (Å²) < 4.78 is 38.0. The van der Waals surface area contributed by atoms with Crippen LogP contribution < -0.4 is 5.32 Å². The fourth-order valence-electron chi connectivity index (χ4n) is 1.64. The molecule has 0 aliphatic carbocycles. The van der Waals surface area contributed by atoms with Gasteiger partial charge in [0.2, 0.25) is 5.28 Å². The van der Waals surface area contributed by atoms with E-state index < -0.39 is 17.2 Å². The van der Waals surface area contributed by atoms with Crippen LogP contribution in [0.15, 0.2) is 6.07 Å². The molecule has 1 heterocycles. The van der Waals surface area contributed by atoms with Gasteiger partial charge in [-0.15, -0.1) is 0 Å². The Balaban J connectivity index is 2.98. The van der Waals surface area contributed by atoms with E-state index in [0.717, 1.165) is 6.07 Å². The number of nitrogens with one attached hydrogen (secondary N) is 1. The molecule has 0 aliphatic rings. The molecule has 1 atom stereocenters. The molecule has 0 bridgehead atoms. The number of halogens is 4. The lowest BCUT2D eigenvalue weighted by molar-refractivity contribution is -0.141. The van der Waals surface area contributed by atoms with E-state index in [1.165, 1.54) is 0 Å². The molecule has 0 saturated carbocycles. The molecule has 1 unspecified atom stereocenters. The topological polar surface area (TPSA) is 41.0 Å². The minimum atomic E-state index is -4.54. The molecule has 0 spiro atoms. The molecule has 0 radical (unpaired) electrons. The lowest BCUT2D eigenvalue weighted by Gasteiger charge is -2.26. The van der Waals surface area contributed by atoms with Crippen molar-refractivity contribution in [3.8, 4) is 0 Å². The predicted molar refractivity (Wildman–Crippen MR) is 72.8 cm³/mol. The van der Waals surface area contributed by atoms with Crippen LogP contribution in [0.1, 0.15) is 19.5 Å². The zero-order valence-corrected chi connectivity index (χ0v) is 12.5. The van der Waals surface area contributed by atoms with Gasteiger partial charge >= 0.3 is 6.18 Å². The maximum absolute atomic E-state index is 12.7. The number of likely N-dealkylation sites (N-methyl/N-ethyl adjacent to an activating group) is 1. The summed E-state index contributed by atoms with van der Waals surface area (Å²) in [7, 11) is 3.79. The maximum Gasteiger partial charge on any atom is 0.433 e. The summed E-state index contributed by atoms with van der Waals surface area (Å²) >= 11 is 5.55. The number of anilines is 1. The Kier molecular flexibility index (Phi) is 5.59. The minimum absolute atomic E-state index is 0.0444. The number of hydrogen-bond acceptors (Lipinski definition) is 4. The fourth-order valence-corrected chi connectivity index (χ4v) is 1.83. The largest absolute Gasteiger partial charge is 0.433 e. The molecule has 8 heteroatoms. The zero-order valence-electron chi connectivity index (χ0n) is 11.8. The van der Waals surface area contributed by atoms with Gasteiger partial charge in [-0.25, -0.2) is 9.97 Å². The van der Waals surface area contributed by atoms with E-state index in [0.29, 0.717) is 6.54 Å². The molecular formula is C12H18ClF3N4. The maximum atomic E-state index is 12.7. The standard InChI is InChI=1S/C12H18ClF3N4/c1-7(2)8(6-20(3)4)17-10-5-9(12(14,15)16)18-11(13)19-10/h5,7-8H,6H2,1-4H3,(H,17,18,19). The molecule has 0 amide bonds. The van der Waals surface area contributed by atoms with Crippen molar-refractivity contribution in [2.75, 3.05) is 26.0 Å². The first-order valence-electron chi connectivity index (χ1n) is 6.12. The molecule has 1 aromatic heterocycles. The Bertz CT molecular complexity index is 449. The van der Waals surface area contributed by atoms with Crippen LogP contribution in [0.4, 0.5) is 19.0 Å². The molecular weight excluding hydrogens is 293 g/mol. The number of aromatic nitrogens is 2. The van der Waals surface area contributed by atoms with E-state index in [4.69, 9.17) is 11.6 Å². The van der Waals surface area contributed by atoms with Crippen molar-refractivity contribution in [3.63, 3.8) is 0 Å². The monoisotopic (exact) mass is 310 g/mol. The Morgan fingerprint density at radius 1 is 1.30 bits per heavy atom. The van der Waals surface area contributed by atoms with Crippen LogP contribution in [0.25, 0.3) is 0 Å². The number of alkyl halides is 3. The summed E-state index contributed by atoms with van der Waals surface area (Å²) in [5, 5.41) is 2.56. The first-order chi connectivity index (χ1) is 9.09. The van der Waals surface area contributed by atoms with E-state index in [2.05, 4.69) is 15.3 Å². The van der Waals surface area contributed by atoms with Crippen molar-refractivity contribution in [2.45, 2.75) is 26.1 Å². The molecule has 0 fully saturated rings. The number of nitrogens with zero attached hydrogens (tertiary/aromatic N) is 3.